The summed E-state index contributed by atoms with van der Waals surface area (Å²) in [5.41, 5.74) is 3.33. The molecule has 0 aliphatic heterocycles. The van der Waals surface area contributed by atoms with Gasteiger partial charge in [-0.1, -0.05) is 29.2 Å². The Morgan fingerprint density at radius 2 is 1.90 bits per heavy atom. The number of benzene rings is 2. The quantitative estimate of drug-likeness (QED) is 0.281. The number of methoxy groups -OCH3 is 1. The molecule has 0 amide bonds. The number of nitrogens with zero attached hydrogens (tertiary/aromatic N) is 3. The van der Waals surface area contributed by atoms with E-state index in [1.54, 1.807) is 24.3 Å². The SMILES string of the molecule is COc1cc2c(=O)c3c4ccc(C#N)cc4[nH]c3n(C3CCCCC3)c2cc1-c1cncc(OS(=O)(=O)F)c1. The number of nitriles is 1. The smallest absolute Gasteiger partial charge is 0.488 e. The Hall–Kier alpha value is -4.43. The van der Waals surface area contributed by atoms with E-state index in [-0.39, 0.29) is 17.2 Å². The van der Waals surface area contributed by atoms with Gasteiger partial charge in [0, 0.05) is 34.3 Å². The zero-order valence-corrected chi connectivity index (χ0v) is 21.7. The number of rotatable bonds is 5. The van der Waals surface area contributed by atoms with E-state index in [9.17, 15) is 22.4 Å². The summed E-state index contributed by atoms with van der Waals surface area (Å²) in [6, 6.07) is 12.4. The van der Waals surface area contributed by atoms with E-state index in [2.05, 4.69) is 24.8 Å². The first-order chi connectivity index (χ1) is 18.8. The first-order valence-electron chi connectivity index (χ1n) is 12.5. The fourth-order valence-corrected chi connectivity index (χ4v) is 6.03. The third-order valence-corrected chi connectivity index (χ3v) is 7.75. The highest BCUT2D eigenvalue weighted by Crippen LogP contribution is 2.40. The molecule has 2 aromatic carbocycles. The minimum Gasteiger partial charge on any atom is -0.496 e. The van der Waals surface area contributed by atoms with Gasteiger partial charge in [-0.15, -0.1) is 0 Å². The van der Waals surface area contributed by atoms with Gasteiger partial charge < -0.3 is 18.5 Å². The van der Waals surface area contributed by atoms with E-state index in [0.29, 0.717) is 49.9 Å². The molecular formula is C28H23FN4O5S. The number of aromatic amines is 1. The number of halogens is 1. The van der Waals surface area contributed by atoms with Crippen molar-refractivity contribution in [3.8, 4) is 28.7 Å². The van der Waals surface area contributed by atoms with Crippen LogP contribution >= 0.6 is 0 Å². The maximum Gasteiger partial charge on any atom is 0.488 e. The van der Waals surface area contributed by atoms with Crippen molar-refractivity contribution in [2.24, 2.45) is 0 Å². The molecule has 198 valence electrons. The van der Waals surface area contributed by atoms with Crippen LogP contribution in [0.25, 0.3) is 44.0 Å². The second-order valence-corrected chi connectivity index (χ2v) is 10.6. The van der Waals surface area contributed by atoms with Gasteiger partial charge in [0.25, 0.3) is 0 Å². The summed E-state index contributed by atoms with van der Waals surface area (Å²) in [5, 5.41) is 11.2. The molecule has 1 aliphatic carbocycles. The second kappa shape index (κ2) is 9.39. The maximum absolute atomic E-state index is 14.0. The van der Waals surface area contributed by atoms with Crippen molar-refractivity contribution in [2.45, 2.75) is 38.1 Å². The Kier molecular flexibility index (Phi) is 5.99. The van der Waals surface area contributed by atoms with Crippen LogP contribution in [-0.2, 0) is 10.5 Å². The number of aromatic nitrogens is 3. The maximum atomic E-state index is 14.0. The minimum atomic E-state index is -5.24. The Morgan fingerprint density at radius 3 is 2.62 bits per heavy atom. The molecule has 0 atom stereocenters. The number of ether oxygens (including phenoxy) is 1. The van der Waals surface area contributed by atoms with Gasteiger partial charge in [0.1, 0.15) is 11.4 Å². The molecule has 3 aromatic heterocycles. The summed E-state index contributed by atoms with van der Waals surface area (Å²) < 4.78 is 47.5. The second-order valence-electron chi connectivity index (χ2n) is 9.67. The first-order valence-corrected chi connectivity index (χ1v) is 13.8. The lowest BCUT2D eigenvalue weighted by Gasteiger charge is -2.27. The summed E-state index contributed by atoms with van der Waals surface area (Å²) in [6.45, 7) is 0. The van der Waals surface area contributed by atoms with Crippen LogP contribution in [0.3, 0.4) is 0 Å². The van der Waals surface area contributed by atoms with Crippen LogP contribution in [0, 0.1) is 11.3 Å². The molecule has 5 aromatic rings. The van der Waals surface area contributed by atoms with Crippen molar-refractivity contribution in [1.82, 2.24) is 14.5 Å². The zero-order valence-electron chi connectivity index (χ0n) is 20.9. The Morgan fingerprint density at radius 1 is 1.10 bits per heavy atom. The molecule has 0 unspecified atom stereocenters. The largest absolute Gasteiger partial charge is 0.496 e. The van der Waals surface area contributed by atoms with Crippen molar-refractivity contribution in [3.05, 3.63) is 64.6 Å². The van der Waals surface area contributed by atoms with E-state index >= 15 is 0 Å². The van der Waals surface area contributed by atoms with Crippen LogP contribution in [0.4, 0.5) is 3.89 Å². The van der Waals surface area contributed by atoms with Gasteiger partial charge in [0.05, 0.1) is 41.2 Å². The van der Waals surface area contributed by atoms with E-state index in [0.717, 1.165) is 43.7 Å². The highest BCUT2D eigenvalue weighted by atomic mass is 32.3. The van der Waals surface area contributed by atoms with Crippen molar-refractivity contribution in [1.29, 1.82) is 5.26 Å². The predicted molar refractivity (Wildman–Crippen MR) is 145 cm³/mol. The third kappa shape index (κ3) is 4.36. The Balaban J connectivity index is 1.69. The lowest BCUT2D eigenvalue weighted by molar-refractivity contribution is 0.365. The standard InChI is InChI=1S/C28H23FN4O5S/c1-37-25-12-22-24(11-21(25)17-10-19(15-31-14-17)38-39(29,35)36)33(18-5-3-2-4-6-18)28-26(27(22)34)20-8-7-16(13-30)9-23(20)32-28/h7-12,14-15,18,32H,2-6H2,1H3. The van der Waals surface area contributed by atoms with Gasteiger partial charge in [-0.25, -0.2) is 0 Å². The van der Waals surface area contributed by atoms with Crippen molar-refractivity contribution >= 4 is 43.3 Å². The van der Waals surface area contributed by atoms with Gasteiger partial charge in [0.15, 0.2) is 11.2 Å². The lowest BCUT2D eigenvalue weighted by Crippen LogP contribution is -2.18. The Bertz CT molecular complexity index is 1990. The average molecular weight is 547 g/mol. The highest BCUT2D eigenvalue weighted by Gasteiger charge is 2.25. The molecule has 0 saturated heterocycles. The average Bonchev–Trinajstić information content (AvgIpc) is 3.31. The fraction of sp³-hybridized carbons (Fsp3) is 0.250. The Labute approximate surface area is 222 Å². The number of nitrogens with one attached hydrogen (secondary N) is 1. The number of pyridine rings is 2. The summed E-state index contributed by atoms with van der Waals surface area (Å²) in [5.74, 6) is 0.0731. The van der Waals surface area contributed by atoms with E-state index in [4.69, 9.17) is 4.74 Å². The monoisotopic (exact) mass is 546 g/mol. The summed E-state index contributed by atoms with van der Waals surface area (Å²) in [7, 11) is -3.77. The minimum absolute atomic E-state index is 0.124. The van der Waals surface area contributed by atoms with E-state index in [1.807, 2.05) is 6.07 Å². The number of H-pyrrole nitrogens is 1. The molecule has 3 heterocycles. The number of fused-ring (bicyclic) bond motifs is 4. The van der Waals surface area contributed by atoms with Gasteiger partial charge >= 0.3 is 10.5 Å². The number of hydrogen-bond acceptors (Lipinski definition) is 7. The van der Waals surface area contributed by atoms with Crippen LogP contribution in [0.1, 0.15) is 43.7 Å². The topological polar surface area (TPSA) is 127 Å². The predicted octanol–water partition coefficient (Wildman–Crippen LogP) is 5.68. The van der Waals surface area contributed by atoms with Crippen LogP contribution in [-0.4, -0.2) is 30.1 Å². The molecule has 0 spiro atoms. The molecule has 1 saturated carbocycles. The third-order valence-electron chi connectivity index (χ3n) is 7.36. The molecule has 9 nitrogen and oxygen atoms in total. The zero-order chi connectivity index (χ0) is 27.3. The molecule has 6 rings (SSSR count). The molecule has 11 heteroatoms. The van der Waals surface area contributed by atoms with Crippen LogP contribution < -0.4 is 14.3 Å². The van der Waals surface area contributed by atoms with Gasteiger partial charge in [-0.3, -0.25) is 9.78 Å². The van der Waals surface area contributed by atoms with Crippen LogP contribution in [0.5, 0.6) is 11.5 Å². The summed E-state index contributed by atoms with van der Waals surface area (Å²) in [6.07, 6.45) is 7.71. The summed E-state index contributed by atoms with van der Waals surface area (Å²) in [4.78, 5) is 21.4. The molecule has 39 heavy (non-hydrogen) atoms. The number of hydrogen-bond donors (Lipinski definition) is 1. The lowest BCUT2D eigenvalue weighted by atomic mass is 9.94. The van der Waals surface area contributed by atoms with Crippen LogP contribution in [0.2, 0.25) is 0 Å². The first kappa shape index (κ1) is 24.9. The van der Waals surface area contributed by atoms with Gasteiger partial charge in [0.2, 0.25) is 0 Å². The van der Waals surface area contributed by atoms with Crippen LogP contribution in [0.15, 0.2) is 53.6 Å². The summed E-state index contributed by atoms with van der Waals surface area (Å²) >= 11 is 0. The van der Waals surface area contributed by atoms with E-state index < -0.39 is 10.5 Å². The van der Waals surface area contributed by atoms with Crippen molar-refractivity contribution in [2.75, 3.05) is 7.11 Å². The van der Waals surface area contributed by atoms with Gasteiger partial charge in [-0.2, -0.15) is 13.7 Å². The van der Waals surface area contributed by atoms with Crippen molar-refractivity contribution in [3.63, 3.8) is 0 Å². The molecule has 1 aliphatic rings. The molecule has 1 fully saturated rings. The molecule has 0 bridgehead atoms. The van der Waals surface area contributed by atoms with Crippen molar-refractivity contribution < 1.29 is 21.2 Å². The molecule has 1 N–H and O–H groups in total. The normalized spacial score (nSPS) is 14.6. The fourth-order valence-electron chi connectivity index (χ4n) is 5.71. The molecule has 0 radical (unpaired) electrons. The highest BCUT2D eigenvalue weighted by molar-refractivity contribution is 7.81. The van der Waals surface area contributed by atoms with E-state index in [1.165, 1.54) is 19.4 Å². The van der Waals surface area contributed by atoms with Gasteiger partial charge in [-0.05, 0) is 43.2 Å². The molecular weight excluding hydrogens is 523 g/mol.